The summed E-state index contributed by atoms with van der Waals surface area (Å²) in [6, 6.07) is 8.46. The van der Waals surface area contributed by atoms with Gasteiger partial charge in [-0.25, -0.2) is 0 Å². The van der Waals surface area contributed by atoms with Crippen LogP contribution in [-0.4, -0.2) is 13.1 Å². The van der Waals surface area contributed by atoms with Gasteiger partial charge in [0.2, 0.25) is 0 Å². The number of hydrogen-bond donors (Lipinski definition) is 0. The van der Waals surface area contributed by atoms with E-state index in [4.69, 9.17) is 0 Å². The summed E-state index contributed by atoms with van der Waals surface area (Å²) in [4.78, 5) is 2.40. The molecule has 96 valence electrons. The number of aryl methyl sites for hydroxylation is 1. The van der Waals surface area contributed by atoms with Gasteiger partial charge in [0.1, 0.15) is 6.07 Å². The van der Waals surface area contributed by atoms with Crippen LogP contribution in [0.1, 0.15) is 43.7 Å². The Labute approximate surface area is 110 Å². The van der Waals surface area contributed by atoms with Crippen LogP contribution in [0.15, 0.2) is 18.2 Å². The molecule has 1 aromatic rings. The quantitative estimate of drug-likeness (QED) is 0.787. The van der Waals surface area contributed by atoms with Crippen LogP contribution in [0.3, 0.4) is 0 Å². The van der Waals surface area contributed by atoms with Crippen molar-refractivity contribution in [2.75, 3.05) is 18.0 Å². The first-order valence-electron chi connectivity index (χ1n) is 7.00. The summed E-state index contributed by atoms with van der Waals surface area (Å²) >= 11 is 0. The van der Waals surface area contributed by atoms with Crippen molar-refractivity contribution in [3.05, 3.63) is 29.3 Å². The Kier molecular flexibility index (Phi) is 4.25. The molecule has 2 rings (SSSR count). The lowest BCUT2D eigenvalue weighted by molar-refractivity contribution is 0.459. The average Bonchev–Trinajstić information content (AvgIpc) is 2.63. The molecule has 1 atom stereocenters. The Bertz CT molecular complexity index is 445. The molecular weight excluding hydrogens is 220 g/mol. The number of benzene rings is 1. The van der Waals surface area contributed by atoms with Gasteiger partial charge in [-0.3, -0.25) is 0 Å². The van der Waals surface area contributed by atoms with Gasteiger partial charge in [-0.1, -0.05) is 19.4 Å². The number of rotatable bonds is 2. The molecule has 1 aliphatic heterocycles. The standard InChI is InChI=1S/C16H22N2/c1-3-14-5-4-9-18(10-8-14)16-11-13(2)6-7-15(16)12-17/h6-7,11,14H,3-5,8-10H2,1-2H3. The number of nitriles is 1. The highest BCUT2D eigenvalue weighted by molar-refractivity contribution is 5.60. The van der Waals surface area contributed by atoms with Crippen molar-refractivity contribution < 1.29 is 0 Å². The molecule has 0 amide bonds. The van der Waals surface area contributed by atoms with Crippen LogP contribution in [0.4, 0.5) is 5.69 Å². The van der Waals surface area contributed by atoms with Gasteiger partial charge in [0.25, 0.3) is 0 Å². The maximum Gasteiger partial charge on any atom is 0.101 e. The first-order valence-corrected chi connectivity index (χ1v) is 7.00. The van der Waals surface area contributed by atoms with E-state index in [9.17, 15) is 5.26 Å². The minimum absolute atomic E-state index is 0.815. The smallest absolute Gasteiger partial charge is 0.101 e. The first-order chi connectivity index (χ1) is 8.74. The fourth-order valence-corrected chi connectivity index (χ4v) is 2.81. The van der Waals surface area contributed by atoms with E-state index in [0.29, 0.717) is 0 Å². The monoisotopic (exact) mass is 242 g/mol. The molecule has 1 aliphatic rings. The second-order valence-corrected chi connectivity index (χ2v) is 5.32. The molecule has 0 N–H and O–H groups in total. The van der Waals surface area contributed by atoms with E-state index in [1.807, 2.05) is 12.1 Å². The molecule has 1 heterocycles. The lowest BCUT2D eigenvalue weighted by Crippen LogP contribution is -2.25. The van der Waals surface area contributed by atoms with Crippen LogP contribution in [0.5, 0.6) is 0 Å². The van der Waals surface area contributed by atoms with E-state index in [1.165, 1.54) is 31.2 Å². The lowest BCUT2D eigenvalue weighted by atomic mass is 9.98. The Hall–Kier alpha value is -1.49. The molecule has 1 aromatic carbocycles. The van der Waals surface area contributed by atoms with Gasteiger partial charge >= 0.3 is 0 Å². The normalized spacial score (nSPS) is 20.3. The maximum absolute atomic E-state index is 9.23. The lowest BCUT2D eigenvalue weighted by Gasteiger charge is -2.24. The van der Waals surface area contributed by atoms with Crippen LogP contribution in [-0.2, 0) is 0 Å². The highest BCUT2D eigenvalue weighted by Gasteiger charge is 2.18. The zero-order chi connectivity index (χ0) is 13.0. The van der Waals surface area contributed by atoms with Crippen LogP contribution < -0.4 is 4.90 Å². The highest BCUT2D eigenvalue weighted by Crippen LogP contribution is 2.27. The Morgan fingerprint density at radius 3 is 2.89 bits per heavy atom. The minimum atomic E-state index is 0.815. The van der Waals surface area contributed by atoms with E-state index >= 15 is 0 Å². The fraction of sp³-hybridized carbons (Fsp3) is 0.562. The summed E-state index contributed by atoms with van der Waals surface area (Å²) in [6.45, 7) is 6.57. The van der Waals surface area contributed by atoms with Gasteiger partial charge in [0.05, 0.1) is 11.3 Å². The van der Waals surface area contributed by atoms with Gasteiger partial charge in [0, 0.05) is 13.1 Å². The predicted octanol–water partition coefficient (Wildman–Crippen LogP) is 3.88. The van der Waals surface area contributed by atoms with Gasteiger partial charge < -0.3 is 4.90 Å². The van der Waals surface area contributed by atoms with Crippen LogP contribution in [0.2, 0.25) is 0 Å². The van der Waals surface area contributed by atoms with Crippen molar-refractivity contribution in [2.24, 2.45) is 5.92 Å². The van der Waals surface area contributed by atoms with Crippen molar-refractivity contribution in [3.63, 3.8) is 0 Å². The second kappa shape index (κ2) is 5.91. The largest absolute Gasteiger partial charge is 0.370 e. The van der Waals surface area contributed by atoms with E-state index in [0.717, 1.165) is 30.3 Å². The van der Waals surface area contributed by atoms with Crippen molar-refractivity contribution in [2.45, 2.75) is 39.5 Å². The summed E-state index contributed by atoms with van der Waals surface area (Å²) in [5.41, 5.74) is 3.19. The zero-order valence-electron chi connectivity index (χ0n) is 11.4. The number of hydrogen-bond acceptors (Lipinski definition) is 2. The summed E-state index contributed by atoms with van der Waals surface area (Å²) in [5.74, 6) is 0.866. The molecule has 1 saturated heterocycles. The summed E-state index contributed by atoms with van der Waals surface area (Å²) in [7, 11) is 0. The third kappa shape index (κ3) is 2.85. The van der Waals surface area contributed by atoms with Gasteiger partial charge in [-0.15, -0.1) is 0 Å². The predicted molar refractivity (Wildman–Crippen MR) is 75.7 cm³/mol. The average molecular weight is 242 g/mol. The summed E-state index contributed by atoms with van der Waals surface area (Å²) in [5, 5.41) is 9.23. The van der Waals surface area contributed by atoms with E-state index in [2.05, 4.69) is 30.9 Å². The molecule has 2 heteroatoms. The number of nitrogens with zero attached hydrogens (tertiary/aromatic N) is 2. The highest BCUT2D eigenvalue weighted by atomic mass is 15.1. The van der Waals surface area contributed by atoms with Crippen molar-refractivity contribution >= 4 is 5.69 Å². The van der Waals surface area contributed by atoms with Gasteiger partial charge in [-0.2, -0.15) is 5.26 Å². The Balaban J connectivity index is 2.21. The summed E-state index contributed by atoms with van der Waals surface area (Å²) < 4.78 is 0. The van der Waals surface area contributed by atoms with Gasteiger partial charge in [-0.05, 0) is 49.8 Å². The van der Waals surface area contributed by atoms with Crippen LogP contribution in [0, 0.1) is 24.2 Å². The maximum atomic E-state index is 9.23. The molecule has 0 spiro atoms. The third-order valence-electron chi connectivity index (χ3n) is 4.04. The van der Waals surface area contributed by atoms with Crippen molar-refractivity contribution in [1.29, 1.82) is 5.26 Å². The third-order valence-corrected chi connectivity index (χ3v) is 4.04. The summed E-state index contributed by atoms with van der Waals surface area (Å²) in [6.07, 6.45) is 5.13. The molecule has 1 unspecified atom stereocenters. The molecule has 0 saturated carbocycles. The zero-order valence-corrected chi connectivity index (χ0v) is 11.4. The minimum Gasteiger partial charge on any atom is -0.370 e. The second-order valence-electron chi connectivity index (χ2n) is 5.32. The molecule has 1 fully saturated rings. The first kappa shape index (κ1) is 13.0. The fourth-order valence-electron chi connectivity index (χ4n) is 2.81. The van der Waals surface area contributed by atoms with Crippen LogP contribution in [0.25, 0.3) is 0 Å². The molecule has 0 radical (unpaired) electrons. The molecule has 18 heavy (non-hydrogen) atoms. The van der Waals surface area contributed by atoms with Crippen molar-refractivity contribution in [3.8, 4) is 6.07 Å². The SMILES string of the molecule is CCC1CCCN(c2cc(C)ccc2C#N)CC1. The Morgan fingerprint density at radius 1 is 1.33 bits per heavy atom. The molecular formula is C16H22N2. The molecule has 0 aliphatic carbocycles. The molecule has 0 bridgehead atoms. The molecule has 0 aromatic heterocycles. The van der Waals surface area contributed by atoms with E-state index in [-0.39, 0.29) is 0 Å². The van der Waals surface area contributed by atoms with Crippen molar-refractivity contribution in [1.82, 2.24) is 0 Å². The van der Waals surface area contributed by atoms with Gasteiger partial charge in [0.15, 0.2) is 0 Å². The van der Waals surface area contributed by atoms with Crippen LogP contribution >= 0.6 is 0 Å². The Morgan fingerprint density at radius 2 is 2.17 bits per heavy atom. The number of anilines is 1. The van der Waals surface area contributed by atoms with E-state index in [1.54, 1.807) is 0 Å². The van der Waals surface area contributed by atoms with E-state index < -0.39 is 0 Å². The molecule has 2 nitrogen and oxygen atoms in total. The topological polar surface area (TPSA) is 27.0 Å².